The number of benzene rings is 1. The molecule has 0 aliphatic heterocycles. The molecule has 4 rings (SSSR count). The summed E-state index contributed by atoms with van der Waals surface area (Å²) in [5.41, 5.74) is 2.50. The summed E-state index contributed by atoms with van der Waals surface area (Å²) in [4.78, 5) is 21.4. The number of anilines is 1. The first-order valence-electron chi connectivity index (χ1n) is 11.4. The van der Waals surface area contributed by atoms with Crippen molar-refractivity contribution in [2.75, 3.05) is 11.4 Å². The van der Waals surface area contributed by atoms with E-state index in [1.165, 1.54) is 25.4 Å². The summed E-state index contributed by atoms with van der Waals surface area (Å²) in [5.74, 6) is -0.417. The molecule has 1 aromatic carbocycles. The number of aryl methyl sites for hydroxylation is 1. The first kappa shape index (κ1) is 26.0. The Morgan fingerprint density at radius 2 is 1.86 bits per heavy atom. The maximum atomic E-state index is 14.2. The molecule has 3 aromatic heterocycles. The van der Waals surface area contributed by atoms with E-state index in [9.17, 15) is 18.4 Å². The van der Waals surface area contributed by atoms with Crippen LogP contribution in [0.1, 0.15) is 42.4 Å². The Bertz CT molecular complexity index is 1540. The number of carbonyl (C=O) groups is 1. The molecule has 2 N–H and O–H groups in total. The number of hydrogen-bond acceptors (Lipinski definition) is 8. The number of pyridine rings is 2. The Morgan fingerprint density at radius 3 is 2.43 bits per heavy atom. The SMILES string of the molecule is COc1ccc(S(=O)(=O)N(Cc2cccnc2)c2c(C(=O)NO)cnc3c2c(C)nn3C(C)(C)C)cc1. The number of amides is 1. The Morgan fingerprint density at radius 1 is 1.16 bits per heavy atom. The van der Waals surface area contributed by atoms with Gasteiger partial charge in [0, 0.05) is 18.6 Å². The molecule has 0 fully saturated rings. The number of carbonyl (C=O) groups excluding carboxylic acids is 1. The van der Waals surface area contributed by atoms with Crippen LogP contribution in [0.5, 0.6) is 5.75 Å². The molecule has 1 amide bonds. The number of hydrogen-bond donors (Lipinski definition) is 2. The number of hydroxylamine groups is 1. The highest BCUT2D eigenvalue weighted by molar-refractivity contribution is 7.92. The van der Waals surface area contributed by atoms with Crippen LogP contribution < -0.4 is 14.5 Å². The fourth-order valence-corrected chi connectivity index (χ4v) is 5.49. The molecule has 0 spiro atoms. The lowest BCUT2D eigenvalue weighted by molar-refractivity contribution is 0.0707. The monoisotopic (exact) mass is 524 g/mol. The Kier molecular flexibility index (Phi) is 6.89. The second kappa shape index (κ2) is 9.79. The smallest absolute Gasteiger partial charge is 0.278 e. The van der Waals surface area contributed by atoms with Crippen molar-refractivity contribution in [2.24, 2.45) is 0 Å². The summed E-state index contributed by atoms with van der Waals surface area (Å²) in [6, 6.07) is 9.38. The second-order valence-electron chi connectivity index (χ2n) is 9.38. The quantitative estimate of drug-likeness (QED) is 0.277. The van der Waals surface area contributed by atoms with Crippen LogP contribution in [0, 0.1) is 6.92 Å². The van der Waals surface area contributed by atoms with E-state index in [2.05, 4.69) is 15.1 Å². The zero-order valence-electron chi connectivity index (χ0n) is 21.1. The molecule has 0 saturated carbocycles. The van der Waals surface area contributed by atoms with Gasteiger partial charge in [-0.1, -0.05) is 6.07 Å². The molecule has 0 saturated heterocycles. The van der Waals surface area contributed by atoms with Crippen molar-refractivity contribution in [1.82, 2.24) is 25.2 Å². The van der Waals surface area contributed by atoms with Gasteiger partial charge in [0.2, 0.25) is 0 Å². The molecule has 194 valence electrons. The van der Waals surface area contributed by atoms with Crippen LogP contribution in [-0.4, -0.2) is 46.4 Å². The third kappa shape index (κ3) is 4.85. The Labute approximate surface area is 214 Å². The largest absolute Gasteiger partial charge is 0.497 e. The van der Waals surface area contributed by atoms with Gasteiger partial charge in [-0.3, -0.25) is 19.3 Å². The van der Waals surface area contributed by atoms with E-state index in [1.54, 1.807) is 53.7 Å². The van der Waals surface area contributed by atoms with Crippen LogP contribution in [0.15, 0.2) is 59.9 Å². The van der Waals surface area contributed by atoms with Gasteiger partial charge in [0.25, 0.3) is 15.9 Å². The Hall–Kier alpha value is -4.03. The molecule has 0 aliphatic carbocycles. The molecule has 3 heterocycles. The van der Waals surface area contributed by atoms with E-state index in [4.69, 9.17) is 4.74 Å². The van der Waals surface area contributed by atoms with E-state index in [0.717, 1.165) is 4.31 Å². The average molecular weight is 525 g/mol. The molecule has 12 heteroatoms. The lowest BCUT2D eigenvalue weighted by Gasteiger charge is -2.27. The standard InChI is InChI=1S/C25H28N6O5S/c1-16-21-22(20(24(32)29-33)14-27-23(21)31(28-16)25(2,3)4)30(15-17-7-6-12-26-13-17)37(34,35)19-10-8-18(36-5)9-11-19/h6-14,33H,15H2,1-5H3,(H,29,32). The van der Waals surface area contributed by atoms with Crippen molar-refractivity contribution in [3.8, 4) is 5.75 Å². The zero-order valence-corrected chi connectivity index (χ0v) is 21.9. The first-order valence-corrected chi connectivity index (χ1v) is 12.8. The fraction of sp³-hybridized carbons (Fsp3) is 0.280. The highest BCUT2D eigenvalue weighted by atomic mass is 32.2. The van der Waals surface area contributed by atoms with Gasteiger partial charge < -0.3 is 4.74 Å². The Balaban J connectivity index is 2.08. The van der Waals surface area contributed by atoms with Crippen LogP contribution in [0.2, 0.25) is 0 Å². The summed E-state index contributed by atoms with van der Waals surface area (Å²) >= 11 is 0. The van der Waals surface area contributed by atoms with Crippen LogP contribution in [-0.2, 0) is 22.1 Å². The van der Waals surface area contributed by atoms with E-state index in [0.29, 0.717) is 28.0 Å². The highest BCUT2D eigenvalue weighted by Gasteiger charge is 2.34. The molecule has 0 aliphatic rings. The van der Waals surface area contributed by atoms with Crippen molar-refractivity contribution in [3.63, 3.8) is 0 Å². The van der Waals surface area contributed by atoms with Crippen molar-refractivity contribution < 1.29 is 23.2 Å². The number of rotatable bonds is 7. The predicted octanol–water partition coefficient (Wildman–Crippen LogP) is 3.41. The van der Waals surface area contributed by atoms with Crippen molar-refractivity contribution in [3.05, 3.63) is 71.8 Å². The van der Waals surface area contributed by atoms with E-state index in [-0.39, 0.29) is 22.7 Å². The molecule has 4 aromatic rings. The number of methoxy groups -OCH3 is 1. The normalized spacial score (nSPS) is 11.9. The number of ether oxygens (including phenoxy) is 1. The summed E-state index contributed by atoms with van der Waals surface area (Å²) in [6.45, 7) is 7.40. The highest BCUT2D eigenvalue weighted by Crippen LogP contribution is 2.38. The maximum absolute atomic E-state index is 14.2. The minimum absolute atomic E-state index is 0.0154. The van der Waals surface area contributed by atoms with Gasteiger partial charge in [0.05, 0.1) is 46.4 Å². The van der Waals surface area contributed by atoms with Crippen LogP contribution >= 0.6 is 0 Å². The average Bonchev–Trinajstić information content (AvgIpc) is 3.24. The third-order valence-corrected chi connectivity index (χ3v) is 7.53. The van der Waals surface area contributed by atoms with Crippen molar-refractivity contribution >= 4 is 32.7 Å². The van der Waals surface area contributed by atoms with Gasteiger partial charge in [-0.15, -0.1) is 0 Å². The van der Waals surface area contributed by atoms with Gasteiger partial charge in [-0.25, -0.2) is 23.6 Å². The molecule has 11 nitrogen and oxygen atoms in total. The predicted molar refractivity (Wildman–Crippen MR) is 137 cm³/mol. The van der Waals surface area contributed by atoms with E-state index in [1.807, 2.05) is 20.8 Å². The first-order chi connectivity index (χ1) is 17.5. The minimum Gasteiger partial charge on any atom is -0.497 e. The molecule has 0 unspecified atom stereocenters. The topological polar surface area (TPSA) is 140 Å². The molecular weight excluding hydrogens is 496 g/mol. The van der Waals surface area contributed by atoms with Gasteiger partial charge in [-0.2, -0.15) is 5.10 Å². The number of fused-ring (bicyclic) bond motifs is 1. The number of nitrogens with zero attached hydrogens (tertiary/aromatic N) is 5. The fourth-order valence-electron chi connectivity index (χ4n) is 4.00. The molecule has 37 heavy (non-hydrogen) atoms. The number of nitrogens with one attached hydrogen (secondary N) is 1. The van der Waals surface area contributed by atoms with Gasteiger partial charge >= 0.3 is 0 Å². The third-order valence-electron chi connectivity index (χ3n) is 5.77. The van der Waals surface area contributed by atoms with Crippen LogP contribution in [0.3, 0.4) is 0 Å². The van der Waals surface area contributed by atoms with E-state index < -0.39 is 21.5 Å². The lowest BCUT2D eigenvalue weighted by Crippen LogP contribution is -2.33. The summed E-state index contributed by atoms with van der Waals surface area (Å²) in [6.07, 6.45) is 4.37. The van der Waals surface area contributed by atoms with Crippen LogP contribution in [0.25, 0.3) is 11.0 Å². The summed E-state index contributed by atoms with van der Waals surface area (Å²) in [5, 5.41) is 14.5. The molecular formula is C25H28N6O5S. The van der Waals surface area contributed by atoms with Gasteiger partial charge in [-0.05, 0) is 63.6 Å². The zero-order chi connectivity index (χ0) is 27.0. The van der Waals surface area contributed by atoms with Crippen LogP contribution in [0.4, 0.5) is 5.69 Å². The van der Waals surface area contributed by atoms with Crippen molar-refractivity contribution in [1.29, 1.82) is 0 Å². The summed E-state index contributed by atoms with van der Waals surface area (Å²) < 4.78 is 36.4. The second-order valence-corrected chi connectivity index (χ2v) is 11.2. The van der Waals surface area contributed by atoms with Crippen molar-refractivity contribution in [2.45, 2.75) is 44.7 Å². The lowest BCUT2D eigenvalue weighted by atomic mass is 10.1. The molecule has 0 bridgehead atoms. The van der Waals surface area contributed by atoms with Gasteiger partial charge in [0.15, 0.2) is 5.65 Å². The summed E-state index contributed by atoms with van der Waals surface area (Å²) in [7, 11) is -2.76. The van der Waals surface area contributed by atoms with E-state index >= 15 is 0 Å². The van der Waals surface area contributed by atoms with Gasteiger partial charge in [0.1, 0.15) is 5.75 Å². The molecule has 0 radical (unpaired) electrons. The molecule has 0 atom stereocenters. The maximum Gasteiger partial charge on any atom is 0.278 e. The minimum atomic E-state index is -4.25. The number of aromatic nitrogens is 4. The number of sulfonamides is 1.